The van der Waals surface area contributed by atoms with Crippen molar-refractivity contribution in [1.82, 2.24) is 4.98 Å². The van der Waals surface area contributed by atoms with E-state index in [9.17, 15) is 4.79 Å². The van der Waals surface area contributed by atoms with E-state index < -0.39 is 0 Å². The lowest BCUT2D eigenvalue weighted by Crippen LogP contribution is -2.14. The van der Waals surface area contributed by atoms with Crippen LogP contribution in [0.1, 0.15) is 10.4 Å². The molecule has 7 heteroatoms. The fourth-order valence-electron chi connectivity index (χ4n) is 1.58. The Morgan fingerprint density at radius 2 is 2.20 bits per heavy atom. The van der Waals surface area contributed by atoms with Crippen molar-refractivity contribution in [3.8, 4) is 5.75 Å². The van der Waals surface area contributed by atoms with E-state index in [1.54, 1.807) is 18.2 Å². The van der Waals surface area contributed by atoms with Crippen LogP contribution < -0.4 is 15.8 Å². The van der Waals surface area contributed by atoms with E-state index in [0.29, 0.717) is 32.3 Å². The van der Waals surface area contributed by atoms with E-state index in [-0.39, 0.29) is 5.91 Å². The third-order valence-corrected chi connectivity index (χ3v) is 3.34. The molecule has 0 radical (unpaired) electrons. The smallest absolute Gasteiger partial charge is 0.260 e. The number of methoxy groups -OCH3 is 1. The number of nitrogens with zero attached hydrogens (tertiary/aromatic N) is 1. The Morgan fingerprint density at radius 3 is 2.85 bits per heavy atom. The summed E-state index contributed by atoms with van der Waals surface area (Å²) in [6.07, 6.45) is 1.45. The van der Waals surface area contributed by atoms with Gasteiger partial charge in [-0.2, -0.15) is 0 Å². The second-order valence-electron chi connectivity index (χ2n) is 3.90. The maximum atomic E-state index is 12.2. The van der Waals surface area contributed by atoms with Crippen LogP contribution >= 0.6 is 27.5 Å². The van der Waals surface area contributed by atoms with Gasteiger partial charge in [0.05, 0.1) is 29.0 Å². The van der Waals surface area contributed by atoms with Crippen LogP contribution in [0.5, 0.6) is 5.75 Å². The lowest BCUT2D eigenvalue weighted by atomic mass is 10.2. The second-order valence-corrected chi connectivity index (χ2v) is 5.19. The predicted molar refractivity (Wildman–Crippen MR) is 82.3 cm³/mol. The minimum atomic E-state index is -0.373. The number of hydrogen-bond donors (Lipinski definition) is 2. The zero-order valence-electron chi connectivity index (χ0n) is 10.5. The maximum Gasteiger partial charge on any atom is 0.260 e. The van der Waals surface area contributed by atoms with Gasteiger partial charge in [-0.05, 0) is 40.2 Å². The second kappa shape index (κ2) is 6.11. The van der Waals surface area contributed by atoms with Crippen LogP contribution in [-0.2, 0) is 0 Å². The molecule has 1 aromatic carbocycles. The molecule has 1 amide bonds. The van der Waals surface area contributed by atoms with Gasteiger partial charge in [-0.3, -0.25) is 4.79 Å². The van der Waals surface area contributed by atoms with Gasteiger partial charge >= 0.3 is 0 Å². The highest BCUT2D eigenvalue weighted by Gasteiger charge is 2.15. The third kappa shape index (κ3) is 3.20. The van der Waals surface area contributed by atoms with Crippen LogP contribution in [0.4, 0.5) is 11.5 Å². The summed E-state index contributed by atoms with van der Waals surface area (Å²) >= 11 is 9.18. The number of nitrogen functional groups attached to an aromatic ring is 1. The van der Waals surface area contributed by atoms with Crippen molar-refractivity contribution in [3.05, 3.63) is 45.5 Å². The Hall–Kier alpha value is -1.79. The van der Waals surface area contributed by atoms with Crippen molar-refractivity contribution in [3.63, 3.8) is 0 Å². The van der Waals surface area contributed by atoms with Gasteiger partial charge in [-0.15, -0.1) is 0 Å². The van der Waals surface area contributed by atoms with Crippen molar-refractivity contribution in [2.24, 2.45) is 0 Å². The molecule has 5 nitrogen and oxygen atoms in total. The number of nitrogens with two attached hydrogens (primary N) is 1. The average Bonchev–Trinajstić information content (AvgIpc) is 2.41. The molecule has 1 heterocycles. The van der Waals surface area contributed by atoms with Gasteiger partial charge in [0.25, 0.3) is 5.91 Å². The summed E-state index contributed by atoms with van der Waals surface area (Å²) in [5, 5.41) is 3.11. The van der Waals surface area contributed by atoms with Crippen molar-refractivity contribution < 1.29 is 9.53 Å². The van der Waals surface area contributed by atoms with Gasteiger partial charge in [0.1, 0.15) is 11.6 Å². The van der Waals surface area contributed by atoms with E-state index in [2.05, 4.69) is 26.2 Å². The highest BCUT2D eigenvalue weighted by atomic mass is 79.9. The molecule has 2 aromatic rings. The topological polar surface area (TPSA) is 77.2 Å². The van der Waals surface area contributed by atoms with Gasteiger partial charge in [0.2, 0.25) is 0 Å². The number of halogens is 2. The van der Waals surface area contributed by atoms with Crippen LogP contribution in [0.25, 0.3) is 0 Å². The molecule has 0 saturated carbocycles. The van der Waals surface area contributed by atoms with Gasteiger partial charge in [0, 0.05) is 5.02 Å². The summed E-state index contributed by atoms with van der Waals surface area (Å²) in [5.74, 6) is 0.423. The highest BCUT2D eigenvalue weighted by molar-refractivity contribution is 9.10. The lowest BCUT2D eigenvalue weighted by molar-refractivity contribution is 0.102. The number of carbonyl (C=O) groups is 1. The Balaban J connectivity index is 2.30. The van der Waals surface area contributed by atoms with Gasteiger partial charge in [-0.1, -0.05) is 11.6 Å². The first kappa shape index (κ1) is 14.6. The number of rotatable bonds is 3. The highest BCUT2D eigenvalue weighted by Crippen LogP contribution is 2.26. The lowest BCUT2D eigenvalue weighted by Gasteiger charge is -2.10. The summed E-state index contributed by atoms with van der Waals surface area (Å²) < 4.78 is 5.73. The van der Waals surface area contributed by atoms with E-state index in [4.69, 9.17) is 22.1 Å². The van der Waals surface area contributed by atoms with Gasteiger partial charge < -0.3 is 15.8 Å². The summed E-state index contributed by atoms with van der Waals surface area (Å²) in [5.41, 5.74) is 6.41. The predicted octanol–water partition coefficient (Wildman–Crippen LogP) is 3.34. The first-order valence-corrected chi connectivity index (χ1v) is 6.74. The molecule has 0 fully saturated rings. The first-order chi connectivity index (χ1) is 9.51. The minimum Gasteiger partial charge on any atom is -0.496 e. The molecule has 0 aliphatic rings. The van der Waals surface area contributed by atoms with E-state index >= 15 is 0 Å². The molecule has 0 spiro atoms. The SMILES string of the molecule is COc1ccc(Cl)cc1C(=O)Nc1ncc(N)cc1Br. The van der Waals surface area contributed by atoms with E-state index in [1.165, 1.54) is 19.4 Å². The maximum absolute atomic E-state index is 12.2. The molecule has 2 rings (SSSR count). The fourth-order valence-corrected chi connectivity index (χ4v) is 2.22. The Labute approximate surface area is 129 Å². The Morgan fingerprint density at radius 1 is 1.45 bits per heavy atom. The molecule has 20 heavy (non-hydrogen) atoms. The molecule has 0 bridgehead atoms. The molecular formula is C13H11BrClN3O2. The minimum absolute atomic E-state index is 0.325. The zero-order valence-corrected chi connectivity index (χ0v) is 12.8. The monoisotopic (exact) mass is 355 g/mol. The summed E-state index contributed by atoms with van der Waals surface area (Å²) in [6, 6.07) is 6.45. The summed E-state index contributed by atoms with van der Waals surface area (Å²) in [4.78, 5) is 16.3. The van der Waals surface area contributed by atoms with Crippen LogP contribution in [0.15, 0.2) is 34.9 Å². The number of ether oxygens (including phenoxy) is 1. The van der Waals surface area contributed by atoms with Gasteiger partial charge in [0.15, 0.2) is 0 Å². The summed E-state index contributed by atoms with van der Waals surface area (Å²) in [6.45, 7) is 0. The van der Waals surface area contributed by atoms with Crippen molar-refractivity contribution in [2.45, 2.75) is 0 Å². The first-order valence-electron chi connectivity index (χ1n) is 5.57. The molecule has 3 N–H and O–H groups in total. The number of amides is 1. The molecule has 0 unspecified atom stereocenters. The Kier molecular flexibility index (Phi) is 4.46. The fraction of sp³-hybridized carbons (Fsp3) is 0.0769. The quantitative estimate of drug-likeness (QED) is 0.884. The Bertz CT molecular complexity index is 664. The standard InChI is InChI=1S/C13H11BrClN3O2/c1-20-11-3-2-7(15)4-9(11)13(19)18-12-10(14)5-8(16)6-17-12/h2-6H,16H2,1H3,(H,17,18,19). The van der Waals surface area contributed by atoms with Crippen molar-refractivity contribution in [2.75, 3.05) is 18.2 Å². The van der Waals surface area contributed by atoms with Gasteiger partial charge in [-0.25, -0.2) is 4.98 Å². The van der Waals surface area contributed by atoms with E-state index in [1.807, 2.05) is 0 Å². The molecular weight excluding hydrogens is 346 g/mol. The molecule has 0 aliphatic carbocycles. The van der Waals surface area contributed by atoms with Crippen molar-refractivity contribution in [1.29, 1.82) is 0 Å². The number of carbonyl (C=O) groups excluding carboxylic acids is 1. The van der Waals surface area contributed by atoms with Crippen LogP contribution in [-0.4, -0.2) is 18.0 Å². The normalized spacial score (nSPS) is 10.2. The van der Waals surface area contributed by atoms with Crippen LogP contribution in [0.2, 0.25) is 5.02 Å². The number of benzene rings is 1. The van der Waals surface area contributed by atoms with E-state index in [0.717, 1.165) is 0 Å². The number of aromatic nitrogens is 1. The molecule has 104 valence electrons. The number of hydrogen-bond acceptors (Lipinski definition) is 4. The molecule has 0 aliphatic heterocycles. The molecule has 0 saturated heterocycles. The third-order valence-electron chi connectivity index (χ3n) is 2.50. The molecule has 0 atom stereocenters. The van der Waals surface area contributed by atoms with Crippen molar-refractivity contribution >= 4 is 44.9 Å². The molecule has 1 aromatic heterocycles. The largest absolute Gasteiger partial charge is 0.496 e. The van der Waals surface area contributed by atoms with Crippen LogP contribution in [0, 0.1) is 0 Å². The number of anilines is 2. The zero-order chi connectivity index (χ0) is 14.7. The average molecular weight is 357 g/mol. The number of pyridine rings is 1. The van der Waals surface area contributed by atoms with Crippen LogP contribution in [0.3, 0.4) is 0 Å². The summed E-state index contributed by atoms with van der Waals surface area (Å²) in [7, 11) is 1.48. The number of nitrogens with one attached hydrogen (secondary N) is 1.